The molecule has 0 heterocycles. The molecule has 0 aromatic heterocycles. The molecule has 0 fully saturated rings. The van der Waals surface area contributed by atoms with Crippen LogP contribution in [0.25, 0.3) is 0 Å². The van der Waals surface area contributed by atoms with Crippen molar-refractivity contribution in [2.45, 2.75) is 65.3 Å². The predicted octanol–water partition coefficient (Wildman–Crippen LogP) is 6.90. The van der Waals surface area contributed by atoms with Gasteiger partial charge in [0.25, 0.3) is 0 Å². The summed E-state index contributed by atoms with van der Waals surface area (Å²) in [6.45, 7) is 13.6. The number of para-hydroxylation sites is 1. The largest absolute Gasteiger partial charge is 0.508 e. The molecule has 3 rings (SSSR count). The van der Waals surface area contributed by atoms with Crippen LogP contribution < -0.4 is 5.32 Å². The SMILES string of the molecule is CC(C)(C)c1ccc(O)c(CNc2ccccc2Cc2cc(C(C)(C)C)ccc2O)c1. The lowest BCUT2D eigenvalue weighted by Crippen LogP contribution is -2.12. The highest BCUT2D eigenvalue weighted by atomic mass is 16.3. The average molecular weight is 418 g/mol. The maximum Gasteiger partial charge on any atom is 0.120 e. The fraction of sp³-hybridized carbons (Fsp3) is 0.357. The Morgan fingerprint density at radius 3 is 1.74 bits per heavy atom. The molecule has 3 N–H and O–H groups in total. The van der Waals surface area contributed by atoms with Crippen molar-refractivity contribution in [3.05, 3.63) is 88.5 Å². The monoisotopic (exact) mass is 417 g/mol. The van der Waals surface area contributed by atoms with Crippen LogP contribution in [-0.2, 0) is 23.8 Å². The lowest BCUT2D eigenvalue weighted by atomic mass is 9.85. The van der Waals surface area contributed by atoms with Crippen molar-refractivity contribution in [3.8, 4) is 11.5 Å². The van der Waals surface area contributed by atoms with E-state index in [4.69, 9.17) is 0 Å². The Bertz CT molecular complexity index is 1060. The number of benzene rings is 3. The topological polar surface area (TPSA) is 52.5 Å². The van der Waals surface area contributed by atoms with Gasteiger partial charge < -0.3 is 15.5 Å². The van der Waals surface area contributed by atoms with Crippen molar-refractivity contribution in [2.24, 2.45) is 0 Å². The second-order valence-corrected chi connectivity index (χ2v) is 10.4. The highest BCUT2D eigenvalue weighted by molar-refractivity contribution is 5.55. The maximum atomic E-state index is 10.5. The molecule has 0 saturated carbocycles. The standard InChI is InChI=1S/C28H35NO2/c1-27(2,3)22-11-13-25(30)20(16-22)15-19-9-7-8-10-24(19)29-18-21-17-23(28(4,5)6)12-14-26(21)31/h7-14,16-17,29-31H,15,18H2,1-6H3. The summed E-state index contributed by atoms with van der Waals surface area (Å²) in [7, 11) is 0. The lowest BCUT2D eigenvalue weighted by molar-refractivity contribution is 0.467. The van der Waals surface area contributed by atoms with Crippen LogP contribution >= 0.6 is 0 Å². The van der Waals surface area contributed by atoms with Crippen LogP contribution in [0, 0.1) is 0 Å². The van der Waals surface area contributed by atoms with Crippen molar-refractivity contribution in [2.75, 3.05) is 5.32 Å². The minimum absolute atomic E-state index is 0.0236. The molecular weight excluding hydrogens is 382 g/mol. The third-order valence-corrected chi connectivity index (χ3v) is 5.76. The number of nitrogens with one attached hydrogen (secondary N) is 1. The second-order valence-electron chi connectivity index (χ2n) is 10.4. The maximum absolute atomic E-state index is 10.5. The Morgan fingerprint density at radius 2 is 1.16 bits per heavy atom. The molecule has 0 radical (unpaired) electrons. The van der Waals surface area contributed by atoms with E-state index in [-0.39, 0.29) is 10.8 Å². The normalized spacial score (nSPS) is 12.1. The zero-order valence-corrected chi connectivity index (χ0v) is 19.6. The number of rotatable bonds is 5. The zero-order valence-electron chi connectivity index (χ0n) is 19.6. The van der Waals surface area contributed by atoms with Gasteiger partial charge in [0.05, 0.1) is 0 Å². The van der Waals surface area contributed by atoms with Crippen molar-refractivity contribution >= 4 is 5.69 Å². The fourth-order valence-corrected chi connectivity index (χ4v) is 3.63. The summed E-state index contributed by atoms with van der Waals surface area (Å²) in [5.74, 6) is 0.617. The van der Waals surface area contributed by atoms with Gasteiger partial charge in [0.1, 0.15) is 11.5 Å². The molecule has 164 valence electrons. The smallest absolute Gasteiger partial charge is 0.120 e. The van der Waals surface area contributed by atoms with E-state index in [1.165, 1.54) is 11.1 Å². The predicted molar refractivity (Wildman–Crippen MR) is 130 cm³/mol. The van der Waals surface area contributed by atoms with E-state index in [0.29, 0.717) is 24.5 Å². The summed E-state index contributed by atoms with van der Waals surface area (Å²) >= 11 is 0. The number of hydrogen-bond donors (Lipinski definition) is 3. The van der Waals surface area contributed by atoms with Gasteiger partial charge in [-0.3, -0.25) is 0 Å². The first kappa shape index (κ1) is 22.7. The molecule has 0 unspecified atom stereocenters. The summed E-state index contributed by atoms with van der Waals surface area (Å²) in [6, 6.07) is 19.9. The highest BCUT2D eigenvalue weighted by Crippen LogP contribution is 2.31. The molecule has 0 aliphatic rings. The third kappa shape index (κ3) is 5.61. The van der Waals surface area contributed by atoms with Crippen LogP contribution in [0.1, 0.15) is 69.4 Å². The van der Waals surface area contributed by atoms with Gasteiger partial charge in [0.15, 0.2) is 0 Å². The molecule has 3 aromatic carbocycles. The number of phenols is 2. The molecule has 31 heavy (non-hydrogen) atoms. The molecule has 0 spiro atoms. The summed E-state index contributed by atoms with van der Waals surface area (Å²) in [5.41, 5.74) is 6.35. The molecule has 3 nitrogen and oxygen atoms in total. The molecule has 0 aliphatic carbocycles. The van der Waals surface area contributed by atoms with Crippen LogP contribution in [0.15, 0.2) is 60.7 Å². The number of phenolic OH excluding ortho intramolecular Hbond substituents is 2. The average Bonchev–Trinajstić information content (AvgIpc) is 2.68. The molecular formula is C28H35NO2. The zero-order chi connectivity index (χ0) is 22.8. The second kappa shape index (κ2) is 8.66. The molecule has 0 amide bonds. The number of hydrogen-bond acceptors (Lipinski definition) is 3. The van der Waals surface area contributed by atoms with E-state index in [1.54, 1.807) is 12.1 Å². The van der Waals surface area contributed by atoms with Crippen LogP contribution in [0.2, 0.25) is 0 Å². The van der Waals surface area contributed by atoms with Gasteiger partial charge in [-0.2, -0.15) is 0 Å². The molecule has 3 aromatic rings. The van der Waals surface area contributed by atoms with E-state index in [9.17, 15) is 10.2 Å². The number of aromatic hydroxyl groups is 2. The van der Waals surface area contributed by atoms with E-state index < -0.39 is 0 Å². The first-order valence-electron chi connectivity index (χ1n) is 10.9. The first-order chi connectivity index (χ1) is 14.4. The first-order valence-corrected chi connectivity index (χ1v) is 10.9. The summed E-state index contributed by atoms with van der Waals surface area (Å²) in [5, 5.41) is 24.3. The van der Waals surface area contributed by atoms with Crippen LogP contribution in [0.3, 0.4) is 0 Å². The minimum Gasteiger partial charge on any atom is -0.508 e. The number of anilines is 1. The summed E-state index contributed by atoms with van der Waals surface area (Å²) in [6.07, 6.45) is 0.632. The van der Waals surface area contributed by atoms with Gasteiger partial charge in [0, 0.05) is 24.2 Å². The Hall–Kier alpha value is -2.94. The molecule has 0 bridgehead atoms. The van der Waals surface area contributed by atoms with E-state index in [1.807, 2.05) is 30.3 Å². The minimum atomic E-state index is 0.0236. The lowest BCUT2D eigenvalue weighted by Gasteiger charge is -2.21. The van der Waals surface area contributed by atoms with Crippen molar-refractivity contribution in [1.82, 2.24) is 0 Å². The van der Waals surface area contributed by atoms with Crippen molar-refractivity contribution < 1.29 is 10.2 Å². The Kier molecular flexibility index (Phi) is 6.35. The fourth-order valence-electron chi connectivity index (χ4n) is 3.63. The van der Waals surface area contributed by atoms with E-state index in [0.717, 1.165) is 22.4 Å². The Morgan fingerprint density at radius 1 is 0.645 bits per heavy atom. The molecule has 3 heteroatoms. The van der Waals surface area contributed by atoms with Crippen LogP contribution in [0.4, 0.5) is 5.69 Å². The van der Waals surface area contributed by atoms with Crippen molar-refractivity contribution in [3.63, 3.8) is 0 Å². The van der Waals surface area contributed by atoms with Crippen LogP contribution in [0.5, 0.6) is 11.5 Å². The van der Waals surface area contributed by atoms with Gasteiger partial charge in [-0.15, -0.1) is 0 Å². The summed E-state index contributed by atoms with van der Waals surface area (Å²) in [4.78, 5) is 0. The van der Waals surface area contributed by atoms with E-state index >= 15 is 0 Å². The van der Waals surface area contributed by atoms with E-state index in [2.05, 4.69) is 65.1 Å². The quantitative estimate of drug-likeness (QED) is 0.423. The molecule has 0 aliphatic heterocycles. The van der Waals surface area contributed by atoms with Gasteiger partial charge in [-0.25, -0.2) is 0 Å². The van der Waals surface area contributed by atoms with Crippen molar-refractivity contribution in [1.29, 1.82) is 0 Å². The Labute approximate surface area is 186 Å². The molecule has 0 saturated heterocycles. The van der Waals surface area contributed by atoms with Gasteiger partial charge in [-0.1, -0.05) is 77.9 Å². The van der Waals surface area contributed by atoms with Gasteiger partial charge in [0.2, 0.25) is 0 Å². The Balaban J connectivity index is 1.84. The van der Waals surface area contributed by atoms with Gasteiger partial charge >= 0.3 is 0 Å². The molecule has 0 atom stereocenters. The summed E-state index contributed by atoms with van der Waals surface area (Å²) < 4.78 is 0. The van der Waals surface area contributed by atoms with Crippen LogP contribution in [-0.4, -0.2) is 10.2 Å². The van der Waals surface area contributed by atoms with Gasteiger partial charge in [-0.05, 0) is 57.3 Å². The highest BCUT2D eigenvalue weighted by Gasteiger charge is 2.17. The third-order valence-electron chi connectivity index (χ3n) is 5.76.